The maximum Gasteiger partial charge on any atom is 0.328 e. The van der Waals surface area contributed by atoms with Crippen molar-refractivity contribution < 1.29 is 4.42 Å². The fourth-order valence-corrected chi connectivity index (χ4v) is 11.4. The van der Waals surface area contributed by atoms with Crippen LogP contribution in [0.5, 0.6) is 0 Å². The molecule has 0 bridgehead atoms. The van der Waals surface area contributed by atoms with Gasteiger partial charge >= 0.3 is 6.85 Å². The second kappa shape index (κ2) is 11.5. The van der Waals surface area contributed by atoms with Crippen LogP contribution in [-0.4, -0.2) is 12.4 Å². The van der Waals surface area contributed by atoms with Crippen LogP contribution in [0.25, 0.3) is 44.2 Å². The highest BCUT2D eigenvalue weighted by Crippen LogP contribution is 2.63. The van der Waals surface area contributed by atoms with Gasteiger partial charge in [0.05, 0.1) is 5.69 Å². The Hall–Kier alpha value is -5.22. The summed E-state index contributed by atoms with van der Waals surface area (Å²) in [6.07, 6.45) is 4.91. The second-order valence-corrected chi connectivity index (χ2v) is 20.2. The minimum Gasteiger partial charge on any atom is -0.456 e. The number of fused-ring (bicyclic) bond motifs is 10. The Kier molecular flexibility index (Phi) is 7.04. The molecule has 284 valence electrons. The highest BCUT2D eigenvalue weighted by atomic mass is 16.3. The molecule has 2 atom stereocenters. The average molecular weight is 745 g/mol. The lowest BCUT2D eigenvalue weighted by atomic mass is 9.42. The van der Waals surface area contributed by atoms with Crippen LogP contribution in [0.2, 0.25) is 0 Å². The number of rotatable bonds is 2. The van der Waals surface area contributed by atoms with Gasteiger partial charge in [0.15, 0.2) is 0 Å². The molecule has 57 heavy (non-hydrogen) atoms. The van der Waals surface area contributed by atoms with E-state index in [0.29, 0.717) is 0 Å². The van der Waals surface area contributed by atoms with Crippen LogP contribution >= 0.6 is 0 Å². The summed E-state index contributed by atoms with van der Waals surface area (Å²) in [6.45, 7) is 21.7. The van der Waals surface area contributed by atoms with Crippen molar-refractivity contribution in [2.45, 2.75) is 110 Å². The smallest absolute Gasteiger partial charge is 0.328 e. The Balaban J connectivity index is 1.30. The number of hydrogen-bond donors (Lipinski definition) is 0. The molecule has 6 aromatic carbocycles. The summed E-state index contributed by atoms with van der Waals surface area (Å²) >= 11 is 0. The molecule has 1 saturated carbocycles. The number of furan rings is 1. The molecule has 0 spiro atoms. The third-order valence-corrected chi connectivity index (χ3v) is 14.7. The maximum absolute atomic E-state index is 6.75. The van der Waals surface area contributed by atoms with Crippen molar-refractivity contribution in [2.75, 3.05) is 9.71 Å². The quantitative estimate of drug-likeness (QED) is 0.164. The molecule has 4 heterocycles. The molecule has 1 aliphatic carbocycles. The van der Waals surface area contributed by atoms with Crippen LogP contribution < -0.4 is 20.6 Å². The lowest BCUT2D eigenvalue weighted by Gasteiger charge is -2.55. The normalized spacial score (nSPS) is 20.8. The molecule has 0 N–H and O–H groups in total. The average Bonchev–Trinajstić information content (AvgIpc) is 3.64. The van der Waals surface area contributed by atoms with E-state index in [2.05, 4.69) is 181 Å². The lowest BCUT2D eigenvalue weighted by molar-refractivity contribution is 0.199. The first-order valence-corrected chi connectivity index (χ1v) is 21.3. The Labute approximate surface area is 338 Å². The molecule has 0 radical (unpaired) electrons. The first kappa shape index (κ1) is 35.0. The fraction of sp³-hybridized carbons (Fsp3) is 0.321. The van der Waals surface area contributed by atoms with Gasteiger partial charge in [-0.15, -0.1) is 0 Å². The van der Waals surface area contributed by atoms with Gasteiger partial charge in [0.2, 0.25) is 0 Å². The third kappa shape index (κ3) is 4.68. The molecule has 0 amide bonds. The zero-order valence-corrected chi connectivity index (χ0v) is 35.1. The third-order valence-electron chi connectivity index (χ3n) is 14.7. The lowest BCUT2D eigenvalue weighted by Crippen LogP contribution is -2.70. The van der Waals surface area contributed by atoms with Gasteiger partial charge in [-0.2, -0.15) is 0 Å². The molecule has 1 aromatic heterocycles. The molecule has 4 heteroatoms. The topological polar surface area (TPSA) is 19.6 Å². The van der Waals surface area contributed by atoms with Crippen molar-refractivity contribution >= 4 is 62.5 Å². The number of aryl methyl sites for hydroxylation is 1. The second-order valence-electron chi connectivity index (χ2n) is 20.2. The van der Waals surface area contributed by atoms with E-state index in [-0.39, 0.29) is 28.6 Å². The number of hydrogen-bond acceptors (Lipinski definition) is 3. The van der Waals surface area contributed by atoms with E-state index in [1.165, 1.54) is 109 Å². The number of anilines is 4. The Morgan fingerprint density at radius 1 is 0.614 bits per heavy atom. The Morgan fingerprint density at radius 3 is 2.11 bits per heavy atom. The molecule has 0 saturated heterocycles. The summed E-state index contributed by atoms with van der Waals surface area (Å²) in [5.74, 6) is 0. The minimum absolute atomic E-state index is 0.0000752. The summed E-state index contributed by atoms with van der Waals surface area (Å²) in [4.78, 5) is 5.56. The minimum atomic E-state index is -0.0558. The maximum atomic E-state index is 6.75. The van der Waals surface area contributed by atoms with Gasteiger partial charge in [0.25, 0.3) is 0 Å². The molecular formula is C53H53BN2O. The van der Waals surface area contributed by atoms with E-state index in [0.717, 1.165) is 11.2 Å². The summed E-state index contributed by atoms with van der Waals surface area (Å²) in [5.41, 5.74) is 20.7. The van der Waals surface area contributed by atoms with E-state index in [1.807, 2.05) is 0 Å². The molecule has 4 aliphatic rings. The number of benzene rings is 6. The van der Waals surface area contributed by atoms with Crippen LogP contribution in [0.15, 0.2) is 114 Å². The zero-order chi connectivity index (χ0) is 39.4. The monoisotopic (exact) mass is 744 g/mol. The Bertz CT molecular complexity index is 2840. The summed E-state index contributed by atoms with van der Waals surface area (Å²) in [6, 6.07) is 41.9. The molecule has 1 fully saturated rings. The highest BCUT2D eigenvalue weighted by Gasteiger charge is 2.63. The van der Waals surface area contributed by atoms with Crippen LogP contribution in [0.3, 0.4) is 0 Å². The van der Waals surface area contributed by atoms with Crippen molar-refractivity contribution in [3.8, 4) is 22.3 Å². The van der Waals surface area contributed by atoms with Crippen molar-refractivity contribution in [1.29, 1.82) is 0 Å². The Morgan fingerprint density at radius 2 is 1.33 bits per heavy atom. The van der Waals surface area contributed by atoms with E-state index < -0.39 is 0 Å². The molecule has 3 nitrogen and oxygen atoms in total. The highest BCUT2D eigenvalue weighted by molar-refractivity contribution is 6.93. The van der Waals surface area contributed by atoms with E-state index >= 15 is 0 Å². The van der Waals surface area contributed by atoms with Crippen LogP contribution in [0.1, 0.15) is 103 Å². The van der Waals surface area contributed by atoms with Crippen molar-refractivity contribution in [1.82, 2.24) is 0 Å². The SMILES string of the molecule is Cc1cc2c3c(c1)N(c1ccc(C(C)(C)C)cc1-c1ccccc1)c1cc4oc5ccccc5c4cc1B3N1c3c-2cc(C(C)(C)C)cc3C2(C)CCCCC12C. The molecule has 11 rings (SSSR count). The van der Waals surface area contributed by atoms with Crippen molar-refractivity contribution in [3.05, 3.63) is 131 Å². The molecule has 2 unspecified atom stereocenters. The van der Waals surface area contributed by atoms with Crippen molar-refractivity contribution in [2.24, 2.45) is 0 Å². The van der Waals surface area contributed by atoms with E-state index in [9.17, 15) is 0 Å². The van der Waals surface area contributed by atoms with Gasteiger partial charge in [-0.3, -0.25) is 0 Å². The summed E-state index contributed by atoms with van der Waals surface area (Å²) in [7, 11) is 0. The van der Waals surface area contributed by atoms with Gasteiger partial charge in [-0.05, 0) is 112 Å². The standard InChI is InChI=1S/C53H53BN2O/c1-32-25-39-40-28-35(51(5,6)7)29-41-49(40)56(53(9)24-16-15-23-52(41,53)8)54-42-30-38-36-19-13-14-20-46(36)57-47(38)31-44(42)55(45(26-32)48(39)54)43-22-21-34(50(2,3)4)27-37(43)33-17-11-10-12-18-33/h10-14,17-22,25-31H,15-16,23-24H2,1-9H3. The van der Waals surface area contributed by atoms with E-state index in [4.69, 9.17) is 4.42 Å². The molecule has 3 aliphatic heterocycles. The summed E-state index contributed by atoms with van der Waals surface area (Å²) < 4.78 is 6.75. The predicted molar refractivity (Wildman–Crippen MR) is 243 cm³/mol. The zero-order valence-electron chi connectivity index (χ0n) is 35.1. The van der Waals surface area contributed by atoms with Crippen LogP contribution in [-0.2, 0) is 16.2 Å². The van der Waals surface area contributed by atoms with Crippen molar-refractivity contribution in [3.63, 3.8) is 0 Å². The van der Waals surface area contributed by atoms with Gasteiger partial charge in [0.1, 0.15) is 11.2 Å². The predicted octanol–water partition coefficient (Wildman–Crippen LogP) is 13.1. The van der Waals surface area contributed by atoms with Gasteiger partial charge < -0.3 is 14.1 Å². The first-order chi connectivity index (χ1) is 27.2. The van der Waals surface area contributed by atoms with Crippen LogP contribution in [0, 0.1) is 6.92 Å². The van der Waals surface area contributed by atoms with E-state index in [1.54, 1.807) is 5.56 Å². The fourth-order valence-electron chi connectivity index (χ4n) is 11.4. The van der Waals surface area contributed by atoms with Gasteiger partial charge in [-0.25, -0.2) is 0 Å². The summed E-state index contributed by atoms with van der Waals surface area (Å²) in [5, 5.41) is 2.37. The number of nitrogens with zero attached hydrogens (tertiary/aromatic N) is 2. The molecular weight excluding hydrogens is 691 g/mol. The van der Waals surface area contributed by atoms with Gasteiger partial charge in [-0.1, -0.05) is 134 Å². The first-order valence-electron chi connectivity index (χ1n) is 21.3. The number of para-hydroxylation sites is 1. The van der Waals surface area contributed by atoms with Crippen LogP contribution in [0.4, 0.5) is 22.7 Å². The molecule has 7 aromatic rings. The largest absolute Gasteiger partial charge is 0.456 e. The van der Waals surface area contributed by atoms with Gasteiger partial charge in [0, 0.05) is 56.0 Å².